The van der Waals surface area contributed by atoms with E-state index in [1.54, 1.807) is 0 Å². The third kappa shape index (κ3) is 2.56. The molecule has 1 aliphatic heterocycles. The topological polar surface area (TPSA) is 0 Å². The SMILES string of the molecule is Br[Te]1(Br)CCCCC1. The molecule has 0 bridgehead atoms. The monoisotopic (exact) mass is 358 g/mol. The molecule has 1 aliphatic rings. The van der Waals surface area contributed by atoms with Crippen LogP contribution in [0, 0.1) is 0 Å². The molecule has 50 valence electrons. The Balaban J connectivity index is 2.33. The first-order valence-corrected chi connectivity index (χ1v) is 16.6. The summed E-state index contributed by atoms with van der Waals surface area (Å²) >= 11 is 6.17. The first-order chi connectivity index (χ1) is 3.71. The molecule has 0 aliphatic carbocycles. The molecule has 0 radical (unpaired) electrons. The molecule has 0 aromatic rings. The Morgan fingerprint density at radius 1 is 0.875 bits per heavy atom. The minimum atomic E-state index is -1.43. The van der Waals surface area contributed by atoms with E-state index in [9.17, 15) is 0 Å². The second kappa shape index (κ2) is 3.23. The summed E-state index contributed by atoms with van der Waals surface area (Å²) in [5, 5.41) is 0. The van der Waals surface area contributed by atoms with Crippen LogP contribution in [0.15, 0.2) is 0 Å². The van der Waals surface area contributed by atoms with Crippen LogP contribution >= 0.6 is 25.5 Å². The zero-order valence-corrected chi connectivity index (χ0v) is 10.2. The molecule has 1 heterocycles. The van der Waals surface area contributed by atoms with Gasteiger partial charge in [-0.1, -0.05) is 0 Å². The molecule has 0 aromatic carbocycles. The Morgan fingerprint density at radius 2 is 1.38 bits per heavy atom. The van der Waals surface area contributed by atoms with Gasteiger partial charge in [-0.25, -0.2) is 0 Å². The van der Waals surface area contributed by atoms with Gasteiger partial charge in [0.2, 0.25) is 0 Å². The fourth-order valence-corrected chi connectivity index (χ4v) is 11.2. The second-order valence-corrected chi connectivity index (χ2v) is 30.9. The standard InChI is InChI=1S/C5H10Br2Te/c6-8(7)4-2-1-3-5-8/h1-5H2. The van der Waals surface area contributed by atoms with E-state index in [1.807, 2.05) is 0 Å². The summed E-state index contributed by atoms with van der Waals surface area (Å²) in [5.74, 6) is 0. The van der Waals surface area contributed by atoms with Gasteiger partial charge < -0.3 is 0 Å². The molecule has 0 amide bonds. The molecule has 1 fully saturated rings. The number of hydrogen-bond donors (Lipinski definition) is 0. The van der Waals surface area contributed by atoms with E-state index in [0.717, 1.165) is 0 Å². The fourth-order valence-electron chi connectivity index (χ4n) is 0.905. The van der Waals surface area contributed by atoms with E-state index in [0.29, 0.717) is 0 Å². The Bertz CT molecular complexity index is 74.5. The van der Waals surface area contributed by atoms with Crippen LogP contribution in [-0.4, -0.2) is 13.8 Å². The number of halogens is 2. The van der Waals surface area contributed by atoms with Crippen molar-refractivity contribution in [3.05, 3.63) is 0 Å². The molecule has 0 N–H and O–H groups in total. The van der Waals surface area contributed by atoms with Crippen LogP contribution in [0.2, 0.25) is 8.94 Å². The van der Waals surface area contributed by atoms with Crippen LogP contribution in [0.4, 0.5) is 0 Å². The summed E-state index contributed by atoms with van der Waals surface area (Å²) in [4.78, 5) is 0. The third-order valence-corrected chi connectivity index (χ3v) is 15.1. The molecule has 0 saturated carbocycles. The Morgan fingerprint density at radius 3 is 1.62 bits per heavy atom. The third-order valence-electron chi connectivity index (χ3n) is 1.39. The van der Waals surface area contributed by atoms with Gasteiger partial charge in [-0.15, -0.1) is 0 Å². The van der Waals surface area contributed by atoms with Gasteiger partial charge >= 0.3 is 67.5 Å². The maximum absolute atomic E-state index is 3.80. The fraction of sp³-hybridized carbons (Fsp3) is 1.00. The number of hydrogen-bond acceptors (Lipinski definition) is 0. The molecule has 1 rings (SSSR count). The van der Waals surface area contributed by atoms with Crippen LogP contribution in [0.25, 0.3) is 0 Å². The van der Waals surface area contributed by atoms with Crippen LogP contribution < -0.4 is 0 Å². The molecule has 3 heteroatoms. The predicted molar refractivity (Wildman–Crippen MR) is 47.1 cm³/mol. The van der Waals surface area contributed by atoms with Gasteiger partial charge in [-0.05, 0) is 0 Å². The number of rotatable bonds is 0. The van der Waals surface area contributed by atoms with Gasteiger partial charge in [0.15, 0.2) is 0 Å². The Hall–Kier alpha value is 1.75. The summed E-state index contributed by atoms with van der Waals surface area (Å²) in [5.41, 5.74) is 0. The van der Waals surface area contributed by atoms with Gasteiger partial charge in [0, 0.05) is 0 Å². The summed E-state index contributed by atoms with van der Waals surface area (Å²) < 4.78 is 2.95. The van der Waals surface area contributed by atoms with E-state index in [2.05, 4.69) is 25.5 Å². The molecule has 0 atom stereocenters. The van der Waals surface area contributed by atoms with Crippen molar-refractivity contribution in [2.75, 3.05) is 0 Å². The molecule has 8 heavy (non-hydrogen) atoms. The van der Waals surface area contributed by atoms with Crippen LogP contribution in [0.5, 0.6) is 0 Å². The first kappa shape index (κ1) is 7.85. The van der Waals surface area contributed by atoms with E-state index < -0.39 is 13.8 Å². The van der Waals surface area contributed by atoms with Crippen molar-refractivity contribution < 1.29 is 0 Å². The average molecular weight is 358 g/mol. The zero-order valence-electron chi connectivity index (χ0n) is 4.70. The second-order valence-electron chi connectivity index (χ2n) is 2.17. The molecule has 0 aromatic heterocycles. The molecular formula is C5H10Br2Te. The molecule has 0 unspecified atom stereocenters. The average Bonchev–Trinajstić information content (AvgIpc) is 1.65. The quantitative estimate of drug-likeness (QED) is 0.583. The predicted octanol–water partition coefficient (Wildman–Crippen LogP) is 3.40. The summed E-state index contributed by atoms with van der Waals surface area (Å²) in [6.07, 6.45) is 4.38. The minimum absolute atomic E-state index is 1.43. The van der Waals surface area contributed by atoms with Gasteiger partial charge in [0.1, 0.15) is 0 Å². The van der Waals surface area contributed by atoms with Gasteiger partial charge in [-0.3, -0.25) is 0 Å². The molecular weight excluding hydrogens is 347 g/mol. The molecule has 0 nitrogen and oxygen atoms in total. The van der Waals surface area contributed by atoms with E-state index in [1.165, 1.54) is 28.2 Å². The van der Waals surface area contributed by atoms with Crippen molar-refractivity contribution in [1.82, 2.24) is 0 Å². The van der Waals surface area contributed by atoms with Gasteiger partial charge in [-0.2, -0.15) is 0 Å². The maximum atomic E-state index is 3.80. The van der Waals surface area contributed by atoms with Crippen LogP contribution in [0.1, 0.15) is 19.3 Å². The Labute approximate surface area is 66.8 Å². The summed E-state index contributed by atoms with van der Waals surface area (Å²) in [6.45, 7) is 0. The van der Waals surface area contributed by atoms with E-state index in [4.69, 9.17) is 0 Å². The van der Waals surface area contributed by atoms with Crippen LogP contribution in [0.3, 0.4) is 0 Å². The van der Waals surface area contributed by atoms with Crippen molar-refractivity contribution in [3.63, 3.8) is 0 Å². The summed E-state index contributed by atoms with van der Waals surface area (Å²) in [7, 11) is 0. The van der Waals surface area contributed by atoms with Crippen molar-refractivity contribution >= 4 is 39.3 Å². The normalized spacial score (nSPS) is 31.8. The first-order valence-electron chi connectivity index (χ1n) is 2.89. The van der Waals surface area contributed by atoms with Gasteiger partial charge in [0.05, 0.1) is 0 Å². The van der Waals surface area contributed by atoms with Crippen molar-refractivity contribution in [2.24, 2.45) is 0 Å². The van der Waals surface area contributed by atoms with Crippen molar-refractivity contribution in [2.45, 2.75) is 28.2 Å². The van der Waals surface area contributed by atoms with E-state index in [-0.39, 0.29) is 0 Å². The van der Waals surface area contributed by atoms with Crippen LogP contribution in [-0.2, 0) is 0 Å². The van der Waals surface area contributed by atoms with E-state index >= 15 is 0 Å². The Kier molecular flexibility index (Phi) is 3.17. The summed E-state index contributed by atoms with van der Waals surface area (Å²) in [6, 6.07) is 0. The van der Waals surface area contributed by atoms with Gasteiger partial charge in [0.25, 0.3) is 0 Å². The molecule has 1 saturated heterocycles. The zero-order chi connectivity index (χ0) is 6.04. The van der Waals surface area contributed by atoms with Crippen molar-refractivity contribution in [3.8, 4) is 0 Å². The van der Waals surface area contributed by atoms with Crippen molar-refractivity contribution in [1.29, 1.82) is 0 Å². The molecule has 0 spiro atoms.